The zero-order valence-corrected chi connectivity index (χ0v) is 21.1. The van der Waals surface area contributed by atoms with Crippen molar-refractivity contribution in [3.63, 3.8) is 0 Å². The number of rotatable bonds is 8. The second kappa shape index (κ2) is 10.4. The van der Waals surface area contributed by atoms with Gasteiger partial charge in [-0.1, -0.05) is 48.9 Å². The Bertz CT molecular complexity index is 1400. The van der Waals surface area contributed by atoms with Gasteiger partial charge < -0.3 is 5.32 Å². The summed E-state index contributed by atoms with van der Waals surface area (Å²) in [6, 6.07) is 17.0. The maximum atomic E-state index is 11.5. The van der Waals surface area contributed by atoms with Gasteiger partial charge in [0.25, 0.3) is 0 Å². The topological polar surface area (TPSA) is 101 Å². The molecule has 9 heteroatoms. The van der Waals surface area contributed by atoms with Crippen molar-refractivity contribution in [3.8, 4) is 11.1 Å². The van der Waals surface area contributed by atoms with Crippen LogP contribution in [0.4, 0.5) is 5.82 Å². The van der Waals surface area contributed by atoms with Crippen LogP contribution in [0.5, 0.6) is 0 Å². The van der Waals surface area contributed by atoms with Crippen molar-refractivity contribution in [2.24, 2.45) is 5.14 Å². The number of nitrogens with one attached hydrogen (secondary N) is 1. The van der Waals surface area contributed by atoms with Crippen LogP contribution in [-0.4, -0.2) is 42.9 Å². The Morgan fingerprint density at radius 3 is 2.43 bits per heavy atom. The van der Waals surface area contributed by atoms with Crippen molar-refractivity contribution in [1.82, 2.24) is 14.9 Å². The van der Waals surface area contributed by atoms with E-state index in [-0.39, 0.29) is 4.90 Å². The number of thiophene rings is 1. The number of piperidine rings is 1. The van der Waals surface area contributed by atoms with Gasteiger partial charge in [-0.25, -0.2) is 23.5 Å². The first-order valence-electron chi connectivity index (χ1n) is 11.9. The van der Waals surface area contributed by atoms with Crippen LogP contribution in [0.3, 0.4) is 0 Å². The van der Waals surface area contributed by atoms with E-state index in [1.807, 2.05) is 18.2 Å². The summed E-state index contributed by atoms with van der Waals surface area (Å²) in [5.41, 5.74) is 3.31. The number of likely N-dealkylation sites (tertiary alicyclic amines) is 1. The van der Waals surface area contributed by atoms with E-state index in [0.29, 0.717) is 6.54 Å². The largest absolute Gasteiger partial charge is 0.369 e. The van der Waals surface area contributed by atoms with E-state index in [0.717, 1.165) is 64.6 Å². The average Bonchev–Trinajstić information content (AvgIpc) is 3.29. The average molecular weight is 508 g/mol. The Labute approximate surface area is 210 Å². The maximum absolute atomic E-state index is 11.5. The quantitative estimate of drug-likeness (QED) is 0.360. The third-order valence-electron chi connectivity index (χ3n) is 6.34. The first-order chi connectivity index (χ1) is 17.0. The molecule has 1 aliphatic rings. The number of hydrogen-bond donors (Lipinski definition) is 2. The number of sulfonamides is 1. The number of hydrogen-bond acceptors (Lipinski definition) is 7. The van der Waals surface area contributed by atoms with E-state index in [2.05, 4.69) is 27.7 Å². The Balaban J connectivity index is 1.41. The number of anilines is 1. The Morgan fingerprint density at radius 2 is 1.71 bits per heavy atom. The maximum Gasteiger partial charge on any atom is 0.238 e. The van der Waals surface area contributed by atoms with Gasteiger partial charge >= 0.3 is 0 Å². The normalized spacial score (nSPS) is 14.9. The molecule has 0 aliphatic carbocycles. The lowest BCUT2D eigenvalue weighted by molar-refractivity contribution is 0.216. The number of primary sulfonamides is 1. The van der Waals surface area contributed by atoms with Crippen LogP contribution in [0.2, 0.25) is 0 Å². The molecule has 0 radical (unpaired) electrons. The molecular formula is C26H29N5O2S2. The summed E-state index contributed by atoms with van der Waals surface area (Å²) in [5.74, 6) is 1.70. The molecule has 3 N–H and O–H groups in total. The van der Waals surface area contributed by atoms with Crippen molar-refractivity contribution in [2.45, 2.75) is 37.1 Å². The van der Waals surface area contributed by atoms with Gasteiger partial charge in [0.05, 0.1) is 16.8 Å². The fourth-order valence-corrected chi connectivity index (χ4v) is 5.98. The minimum absolute atomic E-state index is 0.125. The van der Waals surface area contributed by atoms with Gasteiger partial charge in [-0.3, -0.25) is 4.90 Å². The second-order valence-electron chi connectivity index (χ2n) is 8.89. The molecule has 0 unspecified atom stereocenters. The van der Waals surface area contributed by atoms with E-state index in [1.54, 1.807) is 35.6 Å². The van der Waals surface area contributed by atoms with Gasteiger partial charge in [0.2, 0.25) is 10.0 Å². The highest BCUT2D eigenvalue weighted by Crippen LogP contribution is 2.37. The van der Waals surface area contributed by atoms with Gasteiger partial charge in [-0.15, -0.1) is 11.3 Å². The van der Waals surface area contributed by atoms with E-state index in [9.17, 15) is 8.42 Å². The van der Waals surface area contributed by atoms with Gasteiger partial charge in [0.1, 0.15) is 16.5 Å². The van der Waals surface area contributed by atoms with Crippen molar-refractivity contribution in [2.75, 3.05) is 25.0 Å². The monoisotopic (exact) mass is 507 g/mol. The molecule has 5 rings (SSSR count). The van der Waals surface area contributed by atoms with Crippen LogP contribution in [0.1, 0.15) is 30.7 Å². The fourth-order valence-electron chi connectivity index (χ4n) is 4.50. The molecule has 4 aromatic rings. The minimum atomic E-state index is -3.68. The molecule has 3 heterocycles. The molecule has 182 valence electrons. The van der Waals surface area contributed by atoms with Crippen LogP contribution in [0, 0.1) is 0 Å². The Morgan fingerprint density at radius 1 is 0.971 bits per heavy atom. The Kier molecular flexibility index (Phi) is 7.10. The van der Waals surface area contributed by atoms with E-state index < -0.39 is 10.0 Å². The molecule has 7 nitrogen and oxygen atoms in total. The summed E-state index contributed by atoms with van der Waals surface area (Å²) in [6.45, 7) is 3.61. The van der Waals surface area contributed by atoms with Crippen molar-refractivity contribution < 1.29 is 8.42 Å². The molecule has 1 aliphatic heterocycles. The molecule has 1 saturated heterocycles. The van der Waals surface area contributed by atoms with Crippen LogP contribution in [0.15, 0.2) is 64.9 Å². The lowest BCUT2D eigenvalue weighted by Gasteiger charge is -2.25. The minimum Gasteiger partial charge on any atom is -0.369 e. The van der Waals surface area contributed by atoms with Crippen molar-refractivity contribution >= 4 is 37.4 Å². The second-order valence-corrected chi connectivity index (χ2v) is 11.3. The molecule has 0 spiro atoms. The van der Waals surface area contributed by atoms with E-state index in [4.69, 9.17) is 15.1 Å². The number of aromatic nitrogens is 2. The molecule has 0 bridgehead atoms. The summed E-state index contributed by atoms with van der Waals surface area (Å²) in [5, 5.41) is 12.0. The molecule has 0 amide bonds. The first kappa shape index (κ1) is 23.9. The number of nitrogens with two attached hydrogens (primary N) is 1. The van der Waals surface area contributed by atoms with Crippen molar-refractivity contribution in [1.29, 1.82) is 0 Å². The van der Waals surface area contributed by atoms with Gasteiger partial charge in [-0.05, 0) is 55.6 Å². The SMILES string of the molecule is NS(=O)(=O)c1ccc(CCNc2nc(CN3CCCCC3)nc3scc(-c4ccccc4)c23)cc1. The van der Waals surface area contributed by atoms with Gasteiger partial charge in [-0.2, -0.15) is 0 Å². The predicted octanol–water partition coefficient (Wildman–Crippen LogP) is 4.65. The van der Waals surface area contributed by atoms with Crippen LogP contribution in [-0.2, 0) is 23.0 Å². The molecule has 2 aromatic heterocycles. The lowest BCUT2D eigenvalue weighted by atomic mass is 10.1. The van der Waals surface area contributed by atoms with Crippen LogP contribution in [0.25, 0.3) is 21.3 Å². The molecule has 2 aromatic carbocycles. The molecule has 0 atom stereocenters. The van der Waals surface area contributed by atoms with Gasteiger partial charge in [0.15, 0.2) is 0 Å². The zero-order valence-electron chi connectivity index (χ0n) is 19.5. The smallest absolute Gasteiger partial charge is 0.238 e. The third kappa shape index (κ3) is 5.70. The van der Waals surface area contributed by atoms with Crippen LogP contribution >= 0.6 is 11.3 Å². The lowest BCUT2D eigenvalue weighted by Crippen LogP contribution is -2.30. The summed E-state index contributed by atoms with van der Waals surface area (Å²) in [4.78, 5) is 13.5. The van der Waals surface area contributed by atoms with Crippen LogP contribution < -0.4 is 10.5 Å². The fraction of sp³-hybridized carbons (Fsp3) is 0.308. The molecule has 1 fully saturated rings. The summed E-state index contributed by atoms with van der Waals surface area (Å²) < 4.78 is 23.0. The molecule has 0 saturated carbocycles. The highest BCUT2D eigenvalue weighted by atomic mass is 32.2. The number of benzene rings is 2. The standard InChI is InChI=1S/C26H29N5O2S2/c27-35(32,33)21-11-9-19(10-12-21)13-14-28-25-24-22(20-7-3-1-4-8-20)18-34-26(24)30-23(29-25)17-31-15-5-2-6-16-31/h1,3-4,7-12,18H,2,5-6,13-17H2,(H2,27,32,33)(H,28,29,30). The first-order valence-corrected chi connectivity index (χ1v) is 14.3. The molecule has 35 heavy (non-hydrogen) atoms. The number of fused-ring (bicyclic) bond motifs is 1. The van der Waals surface area contributed by atoms with E-state index in [1.165, 1.54) is 19.3 Å². The summed E-state index contributed by atoms with van der Waals surface area (Å²) in [7, 11) is -3.68. The number of nitrogens with zero attached hydrogens (tertiary/aromatic N) is 3. The highest BCUT2D eigenvalue weighted by Gasteiger charge is 2.18. The summed E-state index contributed by atoms with van der Waals surface area (Å²) >= 11 is 1.65. The van der Waals surface area contributed by atoms with Gasteiger partial charge in [0, 0.05) is 17.5 Å². The van der Waals surface area contributed by atoms with E-state index >= 15 is 0 Å². The highest BCUT2D eigenvalue weighted by molar-refractivity contribution is 7.89. The predicted molar refractivity (Wildman–Crippen MR) is 142 cm³/mol. The summed E-state index contributed by atoms with van der Waals surface area (Å²) in [6.07, 6.45) is 4.49. The molecular weight excluding hydrogens is 478 g/mol. The third-order valence-corrected chi connectivity index (χ3v) is 8.14. The Hall–Kier alpha value is -2.85. The zero-order chi connectivity index (χ0) is 24.3. The van der Waals surface area contributed by atoms with Crippen molar-refractivity contribution in [3.05, 3.63) is 71.4 Å².